The number of aliphatic imine (C=N–C) groups is 1. The molecule has 0 N–H and O–H groups in total. The highest BCUT2D eigenvalue weighted by Crippen LogP contribution is 2.26. The normalized spacial score (nSPS) is 13.8. The zero-order chi connectivity index (χ0) is 15.9. The van der Waals surface area contributed by atoms with Crippen LogP contribution in [0, 0.1) is 11.8 Å². The van der Waals surface area contributed by atoms with Gasteiger partial charge in [0.25, 0.3) is 0 Å². The highest BCUT2D eigenvalue weighted by atomic mass is 27.2. The van der Waals surface area contributed by atoms with Gasteiger partial charge in [0.15, 0.2) is 0 Å². The van der Waals surface area contributed by atoms with Crippen molar-refractivity contribution >= 4 is 20.2 Å². The summed E-state index contributed by atoms with van der Waals surface area (Å²) in [4.78, 5) is 4.62. The fourth-order valence-corrected chi connectivity index (χ4v) is 5.00. The van der Waals surface area contributed by atoms with Crippen molar-refractivity contribution in [2.75, 3.05) is 6.54 Å². The summed E-state index contributed by atoms with van der Waals surface area (Å²) < 4.78 is 7.79. The standard InChI is InChI=1S/C11H21NO.2C3H7.Al/c1-6-12-10(8(2)3)7-11(13)9(4)5;2*1-3-2;/h7-9,13H,6H2,1-5H3;2*3H,1-2H3;/q;;;+1/p-1/b11-7-,12-10?;;;. The van der Waals surface area contributed by atoms with Crippen LogP contribution in [0.5, 0.6) is 0 Å². The van der Waals surface area contributed by atoms with Gasteiger partial charge >= 0.3 is 14.5 Å². The molecule has 0 aliphatic carbocycles. The van der Waals surface area contributed by atoms with Crippen molar-refractivity contribution in [1.82, 2.24) is 0 Å². The highest BCUT2D eigenvalue weighted by Gasteiger charge is 2.33. The second-order valence-corrected chi connectivity index (χ2v) is 10.7. The first-order valence-corrected chi connectivity index (χ1v) is 9.93. The van der Waals surface area contributed by atoms with Gasteiger partial charge in [0.2, 0.25) is 0 Å². The first-order valence-electron chi connectivity index (χ1n) is 8.13. The van der Waals surface area contributed by atoms with Gasteiger partial charge in [0.1, 0.15) is 0 Å². The van der Waals surface area contributed by atoms with E-state index in [4.69, 9.17) is 3.79 Å². The largest absolute Gasteiger partial charge is 0.645 e. The minimum atomic E-state index is -1.23. The molecule has 0 aliphatic rings. The van der Waals surface area contributed by atoms with Crippen LogP contribution in [-0.2, 0) is 3.79 Å². The summed E-state index contributed by atoms with van der Waals surface area (Å²) in [6, 6.07) is 0. The van der Waals surface area contributed by atoms with Gasteiger partial charge in [-0.3, -0.25) is 4.99 Å². The summed E-state index contributed by atoms with van der Waals surface area (Å²) >= 11 is -1.23. The first kappa shape index (κ1) is 19.7. The third-order valence-corrected chi connectivity index (χ3v) is 6.55. The van der Waals surface area contributed by atoms with Crippen LogP contribution in [0.4, 0.5) is 0 Å². The predicted octanol–water partition coefficient (Wildman–Crippen LogP) is 5.47. The molecule has 116 valence electrons. The molecule has 0 fully saturated rings. The quantitative estimate of drug-likeness (QED) is 0.330. The van der Waals surface area contributed by atoms with Gasteiger partial charge in [0, 0.05) is 18.2 Å². The Morgan fingerprint density at radius 3 is 1.75 bits per heavy atom. The SMILES string of the molecule is CCN=C(/C=C(\[O][Al]([CH](C)C)[CH](C)C)C(C)C)C(C)C. The van der Waals surface area contributed by atoms with Crippen molar-refractivity contribution in [1.29, 1.82) is 0 Å². The first-order chi connectivity index (χ1) is 9.20. The Bertz CT molecular complexity index is 322. The average molecular weight is 295 g/mol. The summed E-state index contributed by atoms with van der Waals surface area (Å²) in [5.41, 5.74) is 1.16. The van der Waals surface area contributed by atoms with E-state index in [1.807, 2.05) is 0 Å². The third kappa shape index (κ3) is 6.95. The van der Waals surface area contributed by atoms with Gasteiger partial charge in [-0.2, -0.15) is 0 Å². The molecule has 0 rings (SSSR count). The predicted molar refractivity (Wildman–Crippen MR) is 92.8 cm³/mol. The number of allylic oxidation sites excluding steroid dienone is 2. The molecule has 2 nitrogen and oxygen atoms in total. The second-order valence-electron chi connectivity index (χ2n) is 6.83. The monoisotopic (exact) mass is 295 g/mol. The van der Waals surface area contributed by atoms with Crippen molar-refractivity contribution in [3.05, 3.63) is 11.8 Å². The van der Waals surface area contributed by atoms with Gasteiger partial charge in [-0.05, 0) is 28.5 Å². The van der Waals surface area contributed by atoms with Crippen molar-refractivity contribution in [2.24, 2.45) is 16.8 Å². The van der Waals surface area contributed by atoms with E-state index in [9.17, 15) is 0 Å². The van der Waals surface area contributed by atoms with E-state index in [0.29, 0.717) is 21.4 Å². The molecular weight excluding hydrogens is 261 g/mol. The minimum absolute atomic E-state index is 0.420. The van der Waals surface area contributed by atoms with E-state index in [1.165, 1.54) is 0 Å². The van der Waals surface area contributed by atoms with Gasteiger partial charge in [-0.15, -0.1) is 0 Å². The lowest BCUT2D eigenvalue weighted by atomic mass is 10.0. The molecule has 3 heteroatoms. The van der Waals surface area contributed by atoms with E-state index in [2.05, 4.69) is 73.4 Å². The summed E-state index contributed by atoms with van der Waals surface area (Å²) in [5, 5.41) is 0. The Labute approximate surface area is 131 Å². The van der Waals surface area contributed by atoms with Crippen LogP contribution < -0.4 is 0 Å². The summed E-state index contributed by atoms with van der Waals surface area (Å²) in [5.74, 6) is 2.00. The lowest BCUT2D eigenvalue weighted by molar-refractivity contribution is 0.359. The Morgan fingerprint density at radius 2 is 1.45 bits per heavy atom. The fourth-order valence-electron chi connectivity index (χ4n) is 2.26. The van der Waals surface area contributed by atoms with Gasteiger partial charge < -0.3 is 3.79 Å². The minimum Gasteiger partial charge on any atom is -0.645 e. The maximum atomic E-state index is 6.48. The number of nitrogens with zero attached hydrogens (tertiary/aromatic N) is 1. The maximum Gasteiger partial charge on any atom is 0.552 e. The molecule has 0 aromatic heterocycles. The molecule has 20 heavy (non-hydrogen) atoms. The van der Waals surface area contributed by atoms with Gasteiger partial charge in [0.05, 0.1) is 5.76 Å². The molecule has 0 atom stereocenters. The zero-order valence-corrected chi connectivity index (χ0v) is 16.2. The fraction of sp³-hybridized carbons (Fsp3) is 0.824. The molecule has 0 spiro atoms. The van der Waals surface area contributed by atoms with Gasteiger partial charge in [-0.25, -0.2) is 0 Å². The highest BCUT2D eigenvalue weighted by molar-refractivity contribution is 6.55. The third-order valence-electron chi connectivity index (χ3n) is 3.38. The van der Waals surface area contributed by atoms with E-state index in [0.717, 1.165) is 18.0 Å². The second kappa shape index (κ2) is 9.64. The lowest BCUT2D eigenvalue weighted by Gasteiger charge is -2.25. The lowest BCUT2D eigenvalue weighted by Crippen LogP contribution is -2.27. The van der Waals surface area contributed by atoms with Crippen molar-refractivity contribution in [3.8, 4) is 0 Å². The van der Waals surface area contributed by atoms with Crippen LogP contribution in [0.2, 0.25) is 9.56 Å². The molecule has 0 heterocycles. The van der Waals surface area contributed by atoms with Crippen LogP contribution in [0.1, 0.15) is 62.3 Å². The molecule has 0 aromatic carbocycles. The smallest absolute Gasteiger partial charge is 0.552 e. The van der Waals surface area contributed by atoms with Crippen molar-refractivity contribution in [3.63, 3.8) is 0 Å². The molecule has 0 radical (unpaired) electrons. The van der Waals surface area contributed by atoms with Crippen molar-refractivity contribution < 1.29 is 3.79 Å². The maximum absolute atomic E-state index is 6.48. The van der Waals surface area contributed by atoms with E-state index < -0.39 is 14.5 Å². The molecule has 0 saturated heterocycles. The molecule has 0 bridgehead atoms. The molecule has 0 amide bonds. The van der Waals surface area contributed by atoms with Crippen LogP contribution in [-0.4, -0.2) is 26.7 Å². The number of hydrogen-bond acceptors (Lipinski definition) is 2. The van der Waals surface area contributed by atoms with Crippen LogP contribution in [0.25, 0.3) is 0 Å². The molecule has 0 aliphatic heterocycles. The Kier molecular flexibility index (Phi) is 9.51. The molecular formula is C17H34AlNO. The zero-order valence-electron chi connectivity index (χ0n) is 15.0. The Morgan fingerprint density at radius 1 is 0.950 bits per heavy atom. The number of hydrogen-bond donors (Lipinski definition) is 0. The summed E-state index contributed by atoms with van der Waals surface area (Å²) in [6.07, 6.45) is 2.20. The van der Waals surface area contributed by atoms with Gasteiger partial charge in [-0.1, -0.05) is 55.4 Å². The van der Waals surface area contributed by atoms with E-state index >= 15 is 0 Å². The Hall–Kier alpha value is -0.258. The van der Waals surface area contributed by atoms with Crippen LogP contribution in [0.3, 0.4) is 0 Å². The van der Waals surface area contributed by atoms with E-state index in [-0.39, 0.29) is 0 Å². The van der Waals surface area contributed by atoms with E-state index in [1.54, 1.807) is 0 Å². The number of rotatable bonds is 8. The molecule has 0 aromatic rings. The molecule has 0 saturated carbocycles. The topological polar surface area (TPSA) is 21.6 Å². The van der Waals surface area contributed by atoms with Crippen molar-refractivity contribution in [2.45, 2.75) is 71.9 Å². The summed E-state index contributed by atoms with van der Waals surface area (Å²) in [7, 11) is 0. The van der Waals surface area contributed by atoms with Crippen LogP contribution in [0.15, 0.2) is 16.8 Å². The average Bonchev–Trinajstić information content (AvgIpc) is 2.31. The Balaban J connectivity index is 5.28. The van der Waals surface area contributed by atoms with Crippen LogP contribution >= 0.6 is 0 Å². The summed E-state index contributed by atoms with van der Waals surface area (Å²) in [6.45, 7) is 20.9. The molecule has 0 unspecified atom stereocenters.